The number of hydrogen-bond donors (Lipinski definition) is 1. The van der Waals surface area contributed by atoms with Crippen LogP contribution in [0.15, 0.2) is 42.6 Å². The van der Waals surface area contributed by atoms with Gasteiger partial charge in [-0.15, -0.1) is 0 Å². The maximum Gasteiger partial charge on any atom is 0.259 e. The first-order valence-electron chi connectivity index (χ1n) is 7.40. The molecule has 3 rings (SSSR count). The number of rotatable bonds is 4. The molecule has 0 unspecified atom stereocenters. The van der Waals surface area contributed by atoms with E-state index in [1.54, 1.807) is 35.9 Å². The van der Waals surface area contributed by atoms with Gasteiger partial charge in [-0.05, 0) is 24.3 Å². The van der Waals surface area contributed by atoms with Crippen molar-refractivity contribution in [3.63, 3.8) is 0 Å². The molecule has 0 bridgehead atoms. The van der Waals surface area contributed by atoms with Crippen LogP contribution in [0.1, 0.15) is 35.9 Å². The molecule has 118 valence electrons. The van der Waals surface area contributed by atoms with Gasteiger partial charge in [0.1, 0.15) is 5.75 Å². The maximum absolute atomic E-state index is 12.5. The number of nitrogens with zero attached hydrogens (tertiary/aromatic N) is 3. The summed E-state index contributed by atoms with van der Waals surface area (Å²) in [6.45, 7) is 4.06. The van der Waals surface area contributed by atoms with Crippen molar-refractivity contribution in [3.8, 4) is 5.75 Å². The third-order valence-electron chi connectivity index (χ3n) is 3.49. The van der Waals surface area contributed by atoms with E-state index in [0.717, 1.165) is 5.82 Å². The highest BCUT2D eigenvalue weighted by Gasteiger charge is 2.15. The number of nitrogens with one attached hydrogen (secondary N) is 1. The van der Waals surface area contributed by atoms with E-state index in [1.165, 1.54) is 0 Å². The van der Waals surface area contributed by atoms with Gasteiger partial charge in [0, 0.05) is 12.1 Å². The van der Waals surface area contributed by atoms with Crippen molar-refractivity contribution >= 4 is 17.2 Å². The number of hydrogen-bond acceptors (Lipinski definition) is 4. The molecule has 0 fully saturated rings. The molecule has 2 aromatic heterocycles. The molecular formula is C17H18N4O2. The second-order valence-corrected chi connectivity index (χ2v) is 5.47. The van der Waals surface area contributed by atoms with Crippen molar-refractivity contribution in [1.29, 1.82) is 0 Å². The maximum atomic E-state index is 12.5. The fourth-order valence-electron chi connectivity index (χ4n) is 2.29. The summed E-state index contributed by atoms with van der Waals surface area (Å²) in [4.78, 5) is 17.0. The lowest BCUT2D eigenvalue weighted by Gasteiger charge is -2.09. The van der Waals surface area contributed by atoms with Crippen LogP contribution in [0.2, 0.25) is 0 Å². The molecule has 3 aromatic rings. The van der Waals surface area contributed by atoms with Crippen LogP contribution < -0.4 is 10.1 Å². The van der Waals surface area contributed by atoms with E-state index in [2.05, 4.69) is 15.4 Å². The fourth-order valence-corrected chi connectivity index (χ4v) is 2.29. The molecule has 0 saturated heterocycles. The molecule has 1 amide bonds. The molecule has 0 aliphatic carbocycles. The van der Waals surface area contributed by atoms with Gasteiger partial charge in [-0.1, -0.05) is 26.0 Å². The number of anilines is 1. The van der Waals surface area contributed by atoms with Crippen molar-refractivity contribution in [3.05, 3.63) is 54.0 Å². The number of benzene rings is 1. The number of carbonyl (C=O) groups is 1. The van der Waals surface area contributed by atoms with Crippen LogP contribution in [-0.2, 0) is 0 Å². The highest BCUT2D eigenvalue weighted by Crippen LogP contribution is 2.22. The van der Waals surface area contributed by atoms with E-state index in [-0.39, 0.29) is 11.8 Å². The second kappa shape index (κ2) is 6.08. The Morgan fingerprint density at radius 1 is 1.22 bits per heavy atom. The number of para-hydroxylation sites is 1. The van der Waals surface area contributed by atoms with Gasteiger partial charge < -0.3 is 10.1 Å². The van der Waals surface area contributed by atoms with Gasteiger partial charge in [-0.3, -0.25) is 4.79 Å². The van der Waals surface area contributed by atoms with Crippen LogP contribution in [0.25, 0.3) is 5.65 Å². The number of pyridine rings is 1. The summed E-state index contributed by atoms with van der Waals surface area (Å²) < 4.78 is 6.91. The van der Waals surface area contributed by atoms with E-state index in [4.69, 9.17) is 4.74 Å². The van der Waals surface area contributed by atoms with Gasteiger partial charge in [0.05, 0.1) is 18.4 Å². The Bertz CT molecular complexity index is 855. The van der Waals surface area contributed by atoms with Crippen molar-refractivity contribution in [2.75, 3.05) is 12.4 Å². The summed E-state index contributed by atoms with van der Waals surface area (Å²) in [5, 5.41) is 7.30. The number of ether oxygens (including phenoxy) is 1. The Kier molecular flexibility index (Phi) is 3.97. The molecule has 0 aliphatic rings. The summed E-state index contributed by atoms with van der Waals surface area (Å²) in [6.07, 6.45) is 1.81. The molecule has 0 atom stereocenters. The van der Waals surface area contributed by atoms with Crippen LogP contribution in [0.4, 0.5) is 5.69 Å². The lowest BCUT2D eigenvalue weighted by molar-refractivity contribution is 0.102. The largest absolute Gasteiger partial charge is 0.496 e. The smallest absolute Gasteiger partial charge is 0.259 e. The van der Waals surface area contributed by atoms with E-state index in [9.17, 15) is 4.79 Å². The van der Waals surface area contributed by atoms with Crippen molar-refractivity contribution in [1.82, 2.24) is 14.6 Å². The van der Waals surface area contributed by atoms with E-state index in [0.29, 0.717) is 22.6 Å². The van der Waals surface area contributed by atoms with E-state index < -0.39 is 0 Å². The van der Waals surface area contributed by atoms with Crippen LogP contribution >= 0.6 is 0 Å². The number of fused-ring (bicyclic) bond motifs is 1. The van der Waals surface area contributed by atoms with E-state index >= 15 is 0 Å². The minimum absolute atomic E-state index is 0.215. The quantitative estimate of drug-likeness (QED) is 0.804. The van der Waals surface area contributed by atoms with Crippen LogP contribution in [-0.4, -0.2) is 27.6 Å². The van der Waals surface area contributed by atoms with Gasteiger partial charge in [0.2, 0.25) is 0 Å². The SMILES string of the molecule is COc1ccccc1C(=O)Nc1cccn2nc(C(C)C)nc12. The summed E-state index contributed by atoms with van der Waals surface area (Å²) in [6, 6.07) is 10.7. The monoisotopic (exact) mass is 310 g/mol. The molecule has 0 radical (unpaired) electrons. The zero-order valence-corrected chi connectivity index (χ0v) is 13.3. The lowest BCUT2D eigenvalue weighted by atomic mass is 10.2. The van der Waals surface area contributed by atoms with Gasteiger partial charge in [-0.25, -0.2) is 9.50 Å². The molecule has 2 heterocycles. The molecule has 0 aliphatic heterocycles. The minimum Gasteiger partial charge on any atom is -0.496 e. The Balaban J connectivity index is 1.96. The van der Waals surface area contributed by atoms with Gasteiger partial charge >= 0.3 is 0 Å². The second-order valence-electron chi connectivity index (χ2n) is 5.47. The zero-order chi connectivity index (χ0) is 16.4. The first-order valence-corrected chi connectivity index (χ1v) is 7.40. The molecule has 0 spiro atoms. The number of aromatic nitrogens is 3. The highest BCUT2D eigenvalue weighted by molar-refractivity contribution is 6.07. The Hall–Kier alpha value is -2.89. The predicted octanol–water partition coefficient (Wildman–Crippen LogP) is 3.11. The van der Waals surface area contributed by atoms with Crippen LogP contribution in [0, 0.1) is 0 Å². The van der Waals surface area contributed by atoms with Crippen molar-refractivity contribution in [2.24, 2.45) is 0 Å². The van der Waals surface area contributed by atoms with Crippen LogP contribution in [0.5, 0.6) is 5.75 Å². The Morgan fingerprint density at radius 3 is 2.74 bits per heavy atom. The zero-order valence-electron chi connectivity index (χ0n) is 13.3. The Labute approximate surface area is 134 Å². The van der Waals surface area contributed by atoms with Gasteiger partial charge in [-0.2, -0.15) is 5.10 Å². The summed E-state index contributed by atoms with van der Waals surface area (Å²) >= 11 is 0. The number of methoxy groups -OCH3 is 1. The van der Waals surface area contributed by atoms with Crippen molar-refractivity contribution < 1.29 is 9.53 Å². The number of amides is 1. The number of carbonyl (C=O) groups excluding carboxylic acids is 1. The molecule has 6 nitrogen and oxygen atoms in total. The topological polar surface area (TPSA) is 68.5 Å². The molecule has 1 N–H and O–H groups in total. The molecule has 6 heteroatoms. The van der Waals surface area contributed by atoms with Crippen LogP contribution in [0.3, 0.4) is 0 Å². The minimum atomic E-state index is -0.246. The third-order valence-corrected chi connectivity index (χ3v) is 3.49. The van der Waals surface area contributed by atoms with E-state index in [1.807, 2.05) is 32.2 Å². The first kappa shape index (κ1) is 15.0. The molecule has 1 aromatic carbocycles. The average Bonchev–Trinajstić information content (AvgIpc) is 3.00. The van der Waals surface area contributed by atoms with Gasteiger partial charge in [0.25, 0.3) is 5.91 Å². The van der Waals surface area contributed by atoms with Gasteiger partial charge in [0.15, 0.2) is 11.5 Å². The predicted molar refractivity (Wildman–Crippen MR) is 88.0 cm³/mol. The average molecular weight is 310 g/mol. The third kappa shape index (κ3) is 2.88. The highest BCUT2D eigenvalue weighted by atomic mass is 16.5. The molecule has 23 heavy (non-hydrogen) atoms. The molecule has 0 saturated carbocycles. The summed E-state index contributed by atoms with van der Waals surface area (Å²) in [7, 11) is 1.54. The standard InChI is InChI=1S/C17H18N4O2/c1-11(2)15-19-16-13(8-6-10-21(16)20-15)18-17(22)12-7-4-5-9-14(12)23-3/h4-11H,1-3H3,(H,18,22). The molecular weight excluding hydrogens is 292 g/mol. The summed E-state index contributed by atoms with van der Waals surface area (Å²) in [5.41, 5.74) is 1.71. The van der Waals surface area contributed by atoms with Crippen molar-refractivity contribution in [2.45, 2.75) is 19.8 Å². The normalized spacial score (nSPS) is 11.0. The first-order chi connectivity index (χ1) is 11.1. The summed E-state index contributed by atoms with van der Waals surface area (Å²) in [5.74, 6) is 1.24. The fraction of sp³-hybridized carbons (Fsp3) is 0.235. The lowest BCUT2D eigenvalue weighted by Crippen LogP contribution is -2.14. The Morgan fingerprint density at radius 2 is 2.00 bits per heavy atom.